The van der Waals surface area contributed by atoms with Crippen LogP contribution in [0.4, 0.5) is 0 Å². The van der Waals surface area contributed by atoms with Gasteiger partial charge in [0.15, 0.2) is 6.10 Å². The monoisotopic (exact) mass is 257 g/mol. The fourth-order valence-electron chi connectivity index (χ4n) is 2.43. The van der Waals surface area contributed by atoms with E-state index in [4.69, 9.17) is 15.2 Å². The highest BCUT2D eigenvalue weighted by molar-refractivity contribution is 5.74. The van der Waals surface area contributed by atoms with Crippen molar-refractivity contribution in [2.45, 2.75) is 70.4 Å². The summed E-state index contributed by atoms with van der Waals surface area (Å²) in [6.07, 6.45) is 6.74. The lowest BCUT2D eigenvalue weighted by atomic mass is 9.83. The highest BCUT2D eigenvalue weighted by atomic mass is 16.6. The molecule has 18 heavy (non-hydrogen) atoms. The number of hydrogen-bond donors (Lipinski definition) is 1. The summed E-state index contributed by atoms with van der Waals surface area (Å²) in [4.78, 5) is 11.7. The number of esters is 1. The molecular formula is C14H27NO3. The number of hydrogen-bond acceptors (Lipinski definition) is 4. The zero-order valence-electron chi connectivity index (χ0n) is 11.7. The van der Waals surface area contributed by atoms with Crippen LogP contribution in [0.3, 0.4) is 0 Å². The van der Waals surface area contributed by atoms with Gasteiger partial charge < -0.3 is 15.2 Å². The maximum Gasteiger partial charge on any atom is 0.335 e. The predicted molar refractivity (Wildman–Crippen MR) is 71.3 cm³/mol. The Labute approximate surface area is 110 Å². The first kappa shape index (κ1) is 15.4. The van der Waals surface area contributed by atoms with Gasteiger partial charge in [0, 0.05) is 5.54 Å². The van der Waals surface area contributed by atoms with Gasteiger partial charge in [-0.05, 0) is 26.2 Å². The lowest BCUT2D eigenvalue weighted by Gasteiger charge is -2.34. The van der Waals surface area contributed by atoms with Gasteiger partial charge in [-0.15, -0.1) is 0 Å². The van der Waals surface area contributed by atoms with E-state index in [2.05, 4.69) is 0 Å². The third-order valence-electron chi connectivity index (χ3n) is 3.52. The normalized spacial score (nSPS) is 20.4. The Bertz CT molecular complexity index is 249. The average molecular weight is 257 g/mol. The van der Waals surface area contributed by atoms with Crippen LogP contribution in [0.2, 0.25) is 0 Å². The Morgan fingerprint density at radius 1 is 1.28 bits per heavy atom. The van der Waals surface area contributed by atoms with Crippen molar-refractivity contribution in [3.05, 3.63) is 0 Å². The zero-order valence-corrected chi connectivity index (χ0v) is 11.7. The molecule has 0 saturated heterocycles. The molecule has 2 N–H and O–H groups in total. The summed E-state index contributed by atoms with van der Waals surface area (Å²) in [5.41, 5.74) is 6.06. The van der Waals surface area contributed by atoms with Crippen LogP contribution < -0.4 is 5.73 Å². The van der Waals surface area contributed by atoms with Gasteiger partial charge in [-0.2, -0.15) is 0 Å². The SMILES string of the molecule is CCCC(OCC1(N)CCCCC1)C(=O)OCC. The Morgan fingerprint density at radius 2 is 1.94 bits per heavy atom. The molecule has 1 saturated carbocycles. The van der Waals surface area contributed by atoms with Crippen molar-refractivity contribution in [1.82, 2.24) is 0 Å². The van der Waals surface area contributed by atoms with Gasteiger partial charge in [0.25, 0.3) is 0 Å². The quantitative estimate of drug-likeness (QED) is 0.711. The van der Waals surface area contributed by atoms with Crippen molar-refractivity contribution < 1.29 is 14.3 Å². The first-order valence-electron chi connectivity index (χ1n) is 7.18. The number of nitrogens with two attached hydrogens (primary N) is 1. The largest absolute Gasteiger partial charge is 0.464 e. The molecule has 4 heteroatoms. The topological polar surface area (TPSA) is 61.5 Å². The van der Waals surface area contributed by atoms with Crippen LogP contribution in [0.1, 0.15) is 58.8 Å². The van der Waals surface area contributed by atoms with Gasteiger partial charge in [-0.3, -0.25) is 0 Å². The second-order valence-corrected chi connectivity index (χ2v) is 5.26. The van der Waals surface area contributed by atoms with Crippen molar-refractivity contribution >= 4 is 5.97 Å². The maximum atomic E-state index is 11.7. The van der Waals surface area contributed by atoms with E-state index < -0.39 is 6.10 Å². The van der Waals surface area contributed by atoms with Crippen LogP contribution in [0.25, 0.3) is 0 Å². The van der Waals surface area contributed by atoms with E-state index in [-0.39, 0.29) is 11.5 Å². The first-order valence-corrected chi connectivity index (χ1v) is 7.18. The smallest absolute Gasteiger partial charge is 0.335 e. The highest BCUT2D eigenvalue weighted by Gasteiger charge is 2.30. The summed E-state index contributed by atoms with van der Waals surface area (Å²) in [7, 11) is 0. The van der Waals surface area contributed by atoms with E-state index in [0.29, 0.717) is 19.6 Å². The molecule has 0 aromatic heterocycles. The third-order valence-corrected chi connectivity index (χ3v) is 3.52. The minimum atomic E-state index is -0.447. The molecular weight excluding hydrogens is 230 g/mol. The van der Waals surface area contributed by atoms with Gasteiger partial charge in [-0.1, -0.05) is 32.6 Å². The molecule has 0 bridgehead atoms. The molecule has 0 aromatic carbocycles. The molecule has 4 nitrogen and oxygen atoms in total. The van der Waals surface area contributed by atoms with E-state index in [9.17, 15) is 4.79 Å². The molecule has 1 aliphatic rings. The number of carbonyl (C=O) groups excluding carboxylic acids is 1. The van der Waals surface area contributed by atoms with Gasteiger partial charge in [0.2, 0.25) is 0 Å². The van der Waals surface area contributed by atoms with Gasteiger partial charge in [0.05, 0.1) is 13.2 Å². The Hall–Kier alpha value is -0.610. The summed E-state index contributed by atoms with van der Waals surface area (Å²) in [6.45, 7) is 4.72. The van der Waals surface area contributed by atoms with Crippen LogP contribution in [-0.2, 0) is 14.3 Å². The summed E-state index contributed by atoms with van der Waals surface area (Å²) < 4.78 is 10.8. The third kappa shape index (κ3) is 4.94. The molecule has 1 unspecified atom stereocenters. The van der Waals surface area contributed by atoms with E-state index in [0.717, 1.165) is 32.1 Å². The van der Waals surface area contributed by atoms with Crippen molar-refractivity contribution in [1.29, 1.82) is 0 Å². The number of ether oxygens (including phenoxy) is 2. The van der Waals surface area contributed by atoms with Gasteiger partial charge in [0.1, 0.15) is 0 Å². The molecule has 1 rings (SSSR count). The zero-order chi connectivity index (χ0) is 13.4. The van der Waals surface area contributed by atoms with E-state index >= 15 is 0 Å². The lowest BCUT2D eigenvalue weighted by Crippen LogP contribution is -2.47. The minimum Gasteiger partial charge on any atom is -0.464 e. The average Bonchev–Trinajstić information content (AvgIpc) is 2.35. The van der Waals surface area contributed by atoms with Crippen molar-refractivity contribution in [3.8, 4) is 0 Å². The van der Waals surface area contributed by atoms with Crippen LogP contribution >= 0.6 is 0 Å². The van der Waals surface area contributed by atoms with Crippen LogP contribution in [-0.4, -0.2) is 30.8 Å². The molecule has 0 aromatic rings. The van der Waals surface area contributed by atoms with E-state index in [1.54, 1.807) is 0 Å². The molecule has 106 valence electrons. The lowest BCUT2D eigenvalue weighted by molar-refractivity contribution is -0.158. The molecule has 1 aliphatic carbocycles. The van der Waals surface area contributed by atoms with Crippen LogP contribution in [0.15, 0.2) is 0 Å². The standard InChI is InChI=1S/C14H27NO3/c1-3-8-12(13(16)17-4-2)18-11-14(15)9-6-5-7-10-14/h12H,3-11,15H2,1-2H3. The molecule has 0 aliphatic heterocycles. The Balaban J connectivity index is 2.42. The highest BCUT2D eigenvalue weighted by Crippen LogP contribution is 2.26. The minimum absolute atomic E-state index is 0.239. The summed E-state index contributed by atoms with van der Waals surface area (Å²) in [5.74, 6) is -0.251. The summed E-state index contributed by atoms with van der Waals surface area (Å²) >= 11 is 0. The summed E-state index contributed by atoms with van der Waals surface area (Å²) in [6, 6.07) is 0. The predicted octanol–water partition coefficient (Wildman–Crippen LogP) is 2.40. The van der Waals surface area contributed by atoms with Gasteiger partial charge in [-0.25, -0.2) is 4.79 Å². The van der Waals surface area contributed by atoms with Crippen molar-refractivity contribution in [2.75, 3.05) is 13.2 Å². The van der Waals surface area contributed by atoms with Crippen molar-refractivity contribution in [3.63, 3.8) is 0 Å². The fraction of sp³-hybridized carbons (Fsp3) is 0.929. The maximum absolute atomic E-state index is 11.7. The second-order valence-electron chi connectivity index (χ2n) is 5.26. The number of carbonyl (C=O) groups is 1. The Kier molecular flexibility index (Phi) is 6.65. The fourth-order valence-corrected chi connectivity index (χ4v) is 2.43. The molecule has 0 radical (unpaired) electrons. The van der Waals surface area contributed by atoms with Crippen LogP contribution in [0, 0.1) is 0 Å². The van der Waals surface area contributed by atoms with E-state index in [1.165, 1.54) is 6.42 Å². The number of rotatable bonds is 7. The molecule has 0 heterocycles. The van der Waals surface area contributed by atoms with Crippen molar-refractivity contribution in [2.24, 2.45) is 5.73 Å². The molecule has 1 fully saturated rings. The van der Waals surface area contributed by atoms with Crippen LogP contribution in [0.5, 0.6) is 0 Å². The molecule has 0 amide bonds. The molecule has 1 atom stereocenters. The summed E-state index contributed by atoms with van der Waals surface area (Å²) in [5, 5.41) is 0. The second kappa shape index (κ2) is 7.74. The first-order chi connectivity index (χ1) is 8.61. The van der Waals surface area contributed by atoms with Gasteiger partial charge >= 0.3 is 5.97 Å². The van der Waals surface area contributed by atoms with E-state index in [1.807, 2.05) is 13.8 Å². The Morgan fingerprint density at radius 3 is 2.50 bits per heavy atom. The molecule has 0 spiro atoms.